The van der Waals surface area contributed by atoms with Gasteiger partial charge in [0, 0.05) is 23.7 Å². The number of aromatic nitrogens is 6. The summed E-state index contributed by atoms with van der Waals surface area (Å²) in [6.45, 7) is 0. The van der Waals surface area contributed by atoms with Gasteiger partial charge in [0.1, 0.15) is 5.01 Å². The van der Waals surface area contributed by atoms with Crippen LogP contribution in [0.15, 0.2) is 29.8 Å². The Labute approximate surface area is 128 Å². The molecular formula is C13H10N6O2S. The van der Waals surface area contributed by atoms with E-state index in [4.69, 9.17) is 0 Å². The summed E-state index contributed by atoms with van der Waals surface area (Å²) < 4.78 is 0. The number of carbonyl (C=O) groups excluding carboxylic acids is 2. The van der Waals surface area contributed by atoms with Gasteiger partial charge < -0.3 is 0 Å². The molecule has 0 bridgehead atoms. The van der Waals surface area contributed by atoms with Gasteiger partial charge in [0.25, 0.3) is 5.78 Å². The smallest absolute Gasteiger partial charge is 0.269 e. The summed E-state index contributed by atoms with van der Waals surface area (Å²) >= 11 is 1.34. The molecule has 0 aromatic carbocycles. The standard InChI is InChI=1S/C13H10N6O2S/c20-10(12(21)13-16-18-19-17-13)6-11-15-9(7-22-11)5-8-3-1-2-4-14-8/h1-4,7H,5-6H2,(H,16,17,18,19). The molecule has 0 saturated carbocycles. The van der Waals surface area contributed by atoms with E-state index in [9.17, 15) is 9.59 Å². The first-order valence-corrected chi connectivity index (χ1v) is 7.24. The molecule has 3 aromatic rings. The van der Waals surface area contributed by atoms with E-state index in [1.807, 2.05) is 23.6 Å². The molecule has 0 radical (unpaired) electrons. The van der Waals surface area contributed by atoms with Crippen molar-refractivity contribution in [3.63, 3.8) is 0 Å². The molecule has 8 nitrogen and oxygen atoms in total. The van der Waals surface area contributed by atoms with Crippen molar-refractivity contribution in [3.8, 4) is 0 Å². The normalized spacial score (nSPS) is 10.5. The Balaban J connectivity index is 1.64. The summed E-state index contributed by atoms with van der Waals surface area (Å²) in [5.74, 6) is -1.61. The van der Waals surface area contributed by atoms with Crippen molar-refractivity contribution in [1.29, 1.82) is 0 Å². The third-order valence-electron chi connectivity index (χ3n) is 2.80. The SMILES string of the molecule is O=C(Cc1nc(Cc2ccccn2)cs1)C(=O)c1nn[nH]n1. The van der Waals surface area contributed by atoms with E-state index >= 15 is 0 Å². The zero-order valence-corrected chi connectivity index (χ0v) is 12.1. The lowest BCUT2D eigenvalue weighted by Gasteiger charge is -1.96. The molecule has 0 amide bonds. The summed E-state index contributed by atoms with van der Waals surface area (Å²) in [6, 6.07) is 5.66. The maximum absolute atomic E-state index is 11.9. The number of H-pyrrole nitrogens is 1. The van der Waals surface area contributed by atoms with Crippen molar-refractivity contribution in [2.75, 3.05) is 0 Å². The van der Waals surface area contributed by atoms with Crippen LogP contribution in [-0.4, -0.2) is 42.2 Å². The minimum absolute atomic E-state index is 0.0692. The van der Waals surface area contributed by atoms with E-state index in [-0.39, 0.29) is 12.2 Å². The maximum Gasteiger partial charge on any atom is 0.269 e. The number of nitrogens with zero attached hydrogens (tertiary/aromatic N) is 5. The van der Waals surface area contributed by atoms with Crippen molar-refractivity contribution < 1.29 is 9.59 Å². The van der Waals surface area contributed by atoms with Gasteiger partial charge in [0.15, 0.2) is 0 Å². The van der Waals surface area contributed by atoms with Crippen molar-refractivity contribution in [2.24, 2.45) is 0 Å². The lowest BCUT2D eigenvalue weighted by Crippen LogP contribution is -2.18. The van der Waals surface area contributed by atoms with E-state index in [0.717, 1.165) is 11.4 Å². The van der Waals surface area contributed by atoms with Crippen LogP contribution in [0, 0.1) is 0 Å². The zero-order chi connectivity index (χ0) is 15.4. The molecule has 1 N–H and O–H groups in total. The average molecular weight is 314 g/mol. The second-order valence-electron chi connectivity index (χ2n) is 4.39. The Bertz CT molecular complexity index is 784. The fourth-order valence-electron chi connectivity index (χ4n) is 1.80. The fourth-order valence-corrected chi connectivity index (χ4v) is 2.59. The highest BCUT2D eigenvalue weighted by molar-refractivity contribution is 7.09. The Hall–Kier alpha value is -2.81. The molecule has 0 unspecified atom stereocenters. The molecule has 3 aromatic heterocycles. The first-order valence-electron chi connectivity index (χ1n) is 6.36. The average Bonchev–Trinajstić information content (AvgIpc) is 3.19. The summed E-state index contributed by atoms with van der Waals surface area (Å²) in [6.07, 6.45) is 2.24. The molecule has 0 aliphatic heterocycles. The minimum atomic E-state index is -0.768. The van der Waals surface area contributed by atoms with Crippen molar-refractivity contribution in [3.05, 3.63) is 52.0 Å². The second kappa shape index (κ2) is 6.31. The number of rotatable bonds is 6. The van der Waals surface area contributed by atoms with Gasteiger partial charge in [-0.25, -0.2) is 4.98 Å². The third-order valence-corrected chi connectivity index (χ3v) is 3.70. The number of hydrogen-bond donors (Lipinski definition) is 1. The van der Waals surface area contributed by atoms with Crippen molar-refractivity contribution in [1.82, 2.24) is 30.6 Å². The van der Waals surface area contributed by atoms with Crippen LogP contribution in [-0.2, 0) is 17.6 Å². The van der Waals surface area contributed by atoms with Crippen LogP contribution in [0.1, 0.15) is 27.0 Å². The first-order chi connectivity index (χ1) is 10.7. The number of thiazole rings is 1. The molecule has 110 valence electrons. The molecule has 0 aliphatic rings. The highest BCUT2D eigenvalue weighted by atomic mass is 32.1. The van der Waals surface area contributed by atoms with Crippen LogP contribution in [0.3, 0.4) is 0 Å². The Morgan fingerprint density at radius 3 is 2.86 bits per heavy atom. The summed E-state index contributed by atoms with van der Waals surface area (Å²) in [5, 5.41) is 14.8. The molecule has 0 atom stereocenters. The first kappa shape index (κ1) is 14.1. The van der Waals surface area contributed by atoms with Gasteiger partial charge >= 0.3 is 0 Å². The number of aromatic amines is 1. The maximum atomic E-state index is 11.9. The summed E-state index contributed by atoms with van der Waals surface area (Å²) in [5.41, 5.74) is 1.71. The van der Waals surface area contributed by atoms with Gasteiger partial charge in [-0.15, -0.1) is 21.5 Å². The van der Waals surface area contributed by atoms with Gasteiger partial charge in [0.05, 0.1) is 12.1 Å². The van der Waals surface area contributed by atoms with Crippen LogP contribution < -0.4 is 0 Å². The van der Waals surface area contributed by atoms with Gasteiger partial charge in [0.2, 0.25) is 11.6 Å². The number of hydrogen-bond acceptors (Lipinski definition) is 8. The van der Waals surface area contributed by atoms with Gasteiger partial charge in [-0.2, -0.15) is 5.21 Å². The monoisotopic (exact) mass is 314 g/mol. The molecule has 3 rings (SSSR count). The van der Waals surface area contributed by atoms with E-state index in [0.29, 0.717) is 11.4 Å². The minimum Gasteiger partial charge on any atom is -0.290 e. The van der Waals surface area contributed by atoms with Crippen LogP contribution in [0.2, 0.25) is 0 Å². The number of pyridine rings is 1. The lowest BCUT2D eigenvalue weighted by atomic mass is 10.2. The molecule has 0 spiro atoms. The highest BCUT2D eigenvalue weighted by Gasteiger charge is 2.22. The van der Waals surface area contributed by atoms with E-state index in [1.54, 1.807) is 6.20 Å². The molecule has 9 heteroatoms. The van der Waals surface area contributed by atoms with Crippen LogP contribution in [0.5, 0.6) is 0 Å². The third kappa shape index (κ3) is 3.26. The van der Waals surface area contributed by atoms with Gasteiger partial charge in [-0.05, 0) is 17.3 Å². The molecular weight excluding hydrogens is 304 g/mol. The largest absolute Gasteiger partial charge is 0.290 e. The van der Waals surface area contributed by atoms with Crippen LogP contribution >= 0.6 is 11.3 Å². The fraction of sp³-hybridized carbons (Fsp3) is 0.154. The topological polar surface area (TPSA) is 114 Å². The molecule has 22 heavy (non-hydrogen) atoms. The van der Waals surface area contributed by atoms with Crippen LogP contribution in [0.4, 0.5) is 0 Å². The molecule has 0 fully saturated rings. The number of nitrogens with one attached hydrogen (secondary N) is 1. The van der Waals surface area contributed by atoms with Crippen molar-refractivity contribution in [2.45, 2.75) is 12.8 Å². The van der Waals surface area contributed by atoms with Crippen molar-refractivity contribution >= 4 is 22.9 Å². The Morgan fingerprint density at radius 2 is 2.14 bits per heavy atom. The Morgan fingerprint density at radius 1 is 1.23 bits per heavy atom. The zero-order valence-electron chi connectivity index (χ0n) is 11.3. The van der Waals surface area contributed by atoms with Crippen LogP contribution in [0.25, 0.3) is 0 Å². The number of ketones is 2. The van der Waals surface area contributed by atoms with E-state index in [1.165, 1.54) is 11.3 Å². The van der Waals surface area contributed by atoms with E-state index in [2.05, 4.69) is 30.6 Å². The highest BCUT2D eigenvalue weighted by Crippen LogP contribution is 2.14. The summed E-state index contributed by atoms with van der Waals surface area (Å²) in [7, 11) is 0. The number of tetrazole rings is 1. The van der Waals surface area contributed by atoms with Gasteiger partial charge in [-0.1, -0.05) is 6.07 Å². The summed E-state index contributed by atoms with van der Waals surface area (Å²) in [4.78, 5) is 32.2. The lowest BCUT2D eigenvalue weighted by molar-refractivity contribution is -0.114. The quantitative estimate of drug-likeness (QED) is 0.524. The predicted molar refractivity (Wildman–Crippen MR) is 76.4 cm³/mol. The van der Waals surface area contributed by atoms with E-state index < -0.39 is 11.6 Å². The molecule has 0 aliphatic carbocycles. The Kier molecular flexibility index (Phi) is 4.05. The second-order valence-corrected chi connectivity index (χ2v) is 5.34. The number of carbonyl (C=O) groups is 2. The molecule has 3 heterocycles. The molecule has 0 saturated heterocycles. The number of Topliss-reactive ketones (excluding diaryl/α,β-unsaturated/α-hetero) is 2. The van der Waals surface area contributed by atoms with Gasteiger partial charge in [-0.3, -0.25) is 14.6 Å². The predicted octanol–water partition coefficient (Wildman–Crippen LogP) is 0.637.